The first-order valence-electron chi connectivity index (χ1n) is 8.22. The fourth-order valence-corrected chi connectivity index (χ4v) is 3.17. The fraction of sp³-hybridized carbons (Fsp3) is 0.529. The zero-order valence-corrected chi connectivity index (χ0v) is 16.3. The van der Waals surface area contributed by atoms with Gasteiger partial charge in [-0.05, 0) is 26.0 Å². The Morgan fingerprint density at radius 2 is 2.08 bits per heavy atom. The summed E-state index contributed by atoms with van der Waals surface area (Å²) >= 11 is 0. The van der Waals surface area contributed by atoms with Crippen molar-refractivity contribution in [1.29, 1.82) is 0 Å². The second-order valence-electron chi connectivity index (χ2n) is 6.52. The number of benzene rings is 1. The summed E-state index contributed by atoms with van der Waals surface area (Å²) < 4.78 is 28.4. The number of fused-ring (bicyclic) bond motifs is 1. The van der Waals surface area contributed by atoms with Crippen molar-refractivity contribution in [2.24, 2.45) is 0 Å². The Morgan fingerprint density at radius 1 is 1.38 bits per heavy atom. The van der Waals surface area contributed by atoms with E-state index in [1.807, 2.05) is 24.3 Å². The summed E-state index contributed by atoms with van der Waals surface area (Å²) in [6.07, 6.45) is 0.116. The van der Waals surface area contributed by atoms with E-state index in [1.54, 1.807) is 0 Å². The molecule has 1 atom stereocenters. The van der Waals surface area contributed by atoms with Crippen molar-refractivity contribution < 1.29 is 13.6 Å². The zero-order valence-electron chi connectivity index (χ0n) is 14.7. The Labute approximate surface area is 163 Å². The number of carbonyl (C=O) groups is 1. The summed E-state index contributed by atoms with van der Waals surface area (Å²) in [5, 5.41) is 5.30. The molecule has 1 aromatic heterocycles. The summed E-state index contributed by atoms with van der Waals surface area (Å²) in [5.41, 5.74) is 1.98. The van der Waals surface area contributed by atoms with Crippen molar-refractivity contribution in [1.82, 2.24) is 20.2 Å². The Bertz CT molecular complexity index is 751. The van der Waals surface area contributed by atoms with Gasteiger partial charge in [-0.1, -0.05) is 12.1 Å². The quantitative estimate of drug-likeness (QED) is 0.798. The molecule has 1 fully saturated rings. The van der Waals surface area contributed by atoms with E-state index in [4.69, 9.17) is 0 Å². The smallest absolute Gasteiger partial charge is 0.262 e. The number of aromatic nitrogens is 2. The lowest BCUT2D eigenvalue weighted by Gasteiger charge is -2.14. The van der Waals surface area contributed by atoms with Crippen LogP contribution in [0.15, 0.2) is 24.3 Å². The Balaban J connectivity index is 0.00000169. The number of para-hydroxylation sites is 2. The van der Waals surface area contributed by atoms with Gasteiger partial charge in [-0.15, -0.1) is 24.8 Å². The van der Waals surface area contributed by atoms with Crippen molar-refractivity contribution >= 4 is 41.8 Å². The highest BCUT2D eigenvalue weighted by molar-refractivity contribution is 5.85. The molecule has 9 heteroatoms. The first-order valence-corrected chi connectivity index (χ1v) is 8.22. The van der Waals surface area contributed by atoms with Crippen molar-refractivity contribution in [2.45, 2.75) is 44.7 Å². The highest BCUT2D eigenvalue weighted by atomic mass is 35.5. The SMILES string of the molecule is CC(C)n1c(CCNC(=O)C2CC(F)(F)CN2)nc2ccccc21.Cl.Cl. The standard InChI is InChI=1S/C17H22F2N4O.2ClH/c1-11(2)23-14-6-4-3-5-12(14)22-15(23)7-8-20-16(24)13-9-17(18,19)10-21-13;;/h3-6,11,13,21H,7-10H2,1-2H3,(H,20,24);2*1H. The number of nitrogens with one attached hydrogen (secondary N) is 2. The van der Waals surface area contributed by atoms with Crippen LogP contribution < -0.4 is 10.6 Å². The van der Waals surface area contributed by atoms with Crippen LogP contribution in [0, 0.1) is 0 Å². The number of nitrogens with zero attached hydrogens (tertiary/aromatic N) is 2. The number of halogens is 4. The van der Waals surface area contributed by atoms with Crippen LogP contribution in [0.5, 0.6) is 0 Å². The number of carbonyl (C=O) groups excluding carboxylic acids is 1. The van der Waals surface area contributed by atoms with Gasteiger partial charge in [0.1, 0.15) is 5.82 Å². The molecule has 0 aliphatic carbocycles. The van der Waals surface area contributed by atoms with Gasteiger partial charge < -0.3 is 9.88 Å². The van der Waals surface area contributed by atoms with Gasteiger partial charge >= 0.3 is 0 Å². The number of rotatable bonds is 5. The van der Waals surface area contributed by atoms with E-state index in [2.05, 4.69) is 34.0 Å². The van der Waals surface area contributed by atoms with Crippen molar-refractivity contribution in [3.8, 4) is 0 Å². The molecule has 3 rings (SSSR count). The van der Waals surface area contributed by atoms with E-state index < -0.39 is 24.9 Å². The number of amides is 1. The maximum absolute atomic E-state index is 13.1. The lowest BCUT2D eigenvalue weighted by molar-refractivity contribution is -0.123. The predicted octanol–water partition coefficient (Wildman–Crippen LogP) is 3.12. The molecule has 2 N–H and O–H groups in total. The molecule has 1 aliphatic rings. The minimum Gasteiger partial charge on any atom is -0.354 e. The topological polar surface area (TPSA) is 59.0 Å². The molecule has 2 aromatic rings. The summed E-state index contributed by atoms with van der Waals surface area (Å²) in [5.74, 6) is -2.29. The van der Waals surface area contributed by atoms with E-state index in [1.165, 1.54) is 0 Å². The first-order chi connectivity index (χ1) is 11.4. The molecular formula is C17H24Cl2F2N4O. The van der Waals surface area contributed by atoms with Crippen LogP contribution >= 0.6 is 24.8 Å². The largest absolute Gasteiger partial charge is 0.354 e. The van der Waals surface area contributed by atoms with Gasteiger partial charge in [-0.3, -0.25) is 10.1 Å². The molecule has 0 saturated carbocycles. The molecule has 1 saturated heterocycles. The van der Waals surface area contributed by atoms with Gasteiger partial charge in [0, 0.05) is 25.4 Å². The molecule has 1 unspecified atom stereocenters. The number of alkyl halides is 2. The molecule has 0 radical (unpaired) electrons. The third kappa shape index (κ3) is 4.84. The summed E-state index contributed by atoms with van der Waals surface area (Å²) in [7, 11) is 0. The minimum absolute atomic E-state index is 0. The highest BCUT2D eigenvalue weighted by Crippen LogP contribution is 2.25. The van der Waals surface area contributed by atoms with Gasteiger partial charge in [0.25, 0.3) is 5.92 Å². The maximum atomic E-state index is 13.1. The molecule has 2 heterocycles. The van der Waals surface area contributed by atoms with E-state index in [-0.39, 0.29) is 36.8 Å². The molecule has 0 bridgehead atoms. The third-order valence-corrected chi connectivity index (χ3v) is 4.26. The normalized spacial score (nSPS) is 18.4. The van der Waals surface area contributed by atoms with Crippen LogP contribution in [-0.2, 0) is 11.2 Å². The van der Waals surface area contributed by atoms with Crippen LogP contribution in [0.4, 0.5) is 8.78 Å². The predicted molar refractivity (Wildman–Crippen MR) is 103 cm³/mol. The average molecular weight is 409 g/mol. The second kappa shape index (κ2) is 8.97. The van der Waals surface area contributed by atoms with Crippen LogP contribution in [0.3, 0.4) is 0 Å². The number of imidazole rings is 1. The van der Waals surface area contributed by atoms with E-state index >= 15 is 0 Å². The highest BCUT2D eigenvalue weighted by Gasteiger charge is 2.42. The van der Waals surface area contributed by atoms with Crippen LogP contribution in [0.1, 0.15) is 32.1 Å². The molecule has 1 aliphatic heterocycles. The Hall–Kier alpha value is -1.44. The number of hydrogen-bond acceptors (Lipinski definition) is 3. The molecule has 146 valence electrons. The molecule has 5 nitrogen and oxygen atoms in total. The van der Waals surface area contributed by atoms with Crippen LogP contribution in [-0.4, -0.2) is 40.5 Å². The van der Waals surface area contributed by atoms with Gasteiger partial charge in [-0.25, -0.2) is 13.8 Å². The van der Waals surface area contributed by atoms with Gasteiger partial charge in [0.15, 0.2) is 0 Å². The van der Waals surface area contributed by atoms with Gasteiger partial charge in [0.2, 0.25) is 5.91 Å². The van der Waals surface area contributed by atoms with E-state index in [0.717, 1.165) is 16.9 Å². The fourth-order valence-electron chi connectivity index (χ4n) is 3.17. The van der Waals surface area contributed by atoms with Crippen LogP contribution in [0.2, 0.25) is 0 Å². The zero-order chi connectivity index (χ0) is 17.3. The maximum Gasteiger partial charge on any atom is 0.262 e. The van der Waals surface area contributed by atoms with Crippen molar-refractivity contribution in [3.05, 3.63) is 30.1 Å². The monoisotopic (exact) mass is 408 g/mol. The summed E-state index contributed by atoms with van der Waals surface area (Å²) in [4.78, 5) is 16.6. The second-order valence-corrected chi connectivity index (χ2v) is 6.52. The lowest BCUT2D eigenvalue weighted by atomic mass is 10.2. The average Bonchev–Trinajstić information content (AvgIpc) is 3.06. The van der Waals surface area contributed by atoms with E-state index in [0.29, 0.717) is 13.0 Å². The third-order valence-electron chi connectivity index (χ3n) is 4.26. The molecule has 0 spiro atoms. The summed E-state index contributed by atoms with van der Waals surface area (Å²) in [6, 6.07) is 7.33. The number of hydrogen-bond donors (Lipinski definition) is 2. The molecular weight excluding hydrogens is 385 g/mol. The van der Waals surface area contributed by atoms with Crippen molar-refractivity contribution in [3.63, 3.8) is 0 Å². The Kier molecular flexibility index (Phi) is 7.80. The molecule has 1 aromatic carbocycles. The Morgan fingerprint density at radius 3 is 2.69 bits per heavy atom. The van der Waals surface area contributed by atoms with Crippen LogP contribution in [0.25, 0.3) is 11.0 Å². The van der Waals surface area contributed by atoms with Gasteiger partial charge in [-0.2, -0.15) is 0 Å². The van der Waals surface area contributed by atoms with Crippen molar-refractivity contribution in [2.75, 3.05) is 13.1 Å². The van der Waals surface area contributed by atoms with Gasteiger partial charge in [0.05, 0.1) is 23.6 Å². The minimum atomic E-state index is -2.80. The molecule has 1 amide bonds. The lowest BCUT2D eigenvalue weighted by Crippen LogP contribution is -2.41. The summed E-state index contributed by atoms with van der Waals surface area (Å²) in [6.45, 7) is 4.11. The first kappa shape index (κ1) is 22.6. The molecule has 26 heavy (non-hydrogen) atoms. The van der Waals surface area contributed by atoms with E-state index in [9.17, 15) is 13.6 Å².